The Balaban J connectivity index is 1.24. The predicted octanol–water partition coefficient (Wildman–Crippen LogP) is 4.10. The van der Waals surface area contributed by atoms with Gasteiger partial charge < -0.3 is 4.42 Å². The van der Waals surface area contributed by atoms with Crippen LogP contribution in [0.1, 0.15) is 12.2 Å². The fourth-order valence-corrected chi connectivity index (χ4v) is 5.63. The number of halogens is 1. The fraction of sp³-hybridized carbons (Fsp3) is 0.318. The Morgan fingerprint density at radius 2 is 1.61 bits per heavy atom. The van der Waals surface area contributed by atoms with Gasteiger partial charge in [-0.05, 0) is 54.4 Å². The number of allylic oxidation sites excluding steroid dienone is 2. The first-order chi connectivity index (χ1) is 13.6. The highest BCUT2D eigenvalue weighted by atomic mass is 79.9. The minimum absolute atomic E-state index is 0.157. The first kappa shape index (κ1) is 16.5. The van der Waals surface area contributed by atoms with Gasteiger partial charge in [-0.15, -0.1) is 0 Å². The smallest absolute Gasteiger partial charge is 0.254 e. The van der Waals surface area contributed by atoms with E-state index in [1.807, 2.05) is 30.3 Å². The van der Waals surface area contributed by atoms with Gasteiger partial charge in [-0.25, -0.2) is 0 Å². The van der Waals surface area contributed by atoms with E-state index in [-0.39, 0.29) is 35.5 Å². The Bertz CT molecular complexity index is 1020. The highest BCUT2D eigenvalue weighted by Crippen LogP contribution is 2.65. The summed E-state index contributed by atoms with van der Waals surface area (Å²) in [6.07, 6.45) is 6.95. The second-order valence-electron chi connectivity index (χ2n) is 8.10. The third-order valence-electron chi connectivity index (χ3n) is 6.70. The molecule has 2 aromatic rings. The molecule has 1 aliphatic heterocycles. The molecule has 6 atom stereocenters. The van der Waals surface area contributed by atoms with Gasteiger partial charge in [0.1, 0.15) is 11.5 Å². The lowest BCUT2D eigenvalue weighted by molar-refractivity contribution is -0.140. The maximum absolute atomic E-state index is 12.9. The summed E-state index contributed by atoms with van der Waals surface area (Å²) in [5, 5.41) is 5.30. The molecule has 4 aliphatic carbocycles. The highest BCUT2D eigenvalue weighted by Gasteiger charge is 2.67. The molecule has 5 nitrogen and oxygen atoms in total. The zero-order valence-electron chi connectivity index (χ0n) is 14.9. The van der Waals surface area contributed by atoms with E-state index in [0.717, 1.165) is 21.5 Å². The molecule has 7 rings (SSSR count). The van der Waals surface area contributed by atoms with Gasteiger partial charge in [-0.3, -0.25) is 9.59 Å². The fourth-order valence-electron chi connectivity index (χ4n) is 5.36. The number of amides is 2. The number of furan rings is 1. The lowest BCUT2D eigenvalue weighted by Gasteiger charge is -2.37. The molecule has 6 heteroatoms. The molecule has 1 saturated heterocycles. The summed E-state index contributed by atoms with van der Waals surface area (Å²) in [6.45, 7) is 0. The van der Waals surface area contributed by atoms with Gasteiger partial charge in [0.15, 0.2) is 0 Å². The Kier molecular flexibility index (Phi) is 3.39. The minimum atomic E-state index is -0.224. The molecule has 0 N–H and O–H groups in total. The Morgan fingerprint density at radius 1 is 0.964 bits per heavy atom. The van der Waals surface area contributed by atoms with Crippen LogP contribution in [0.2, 0.25) is 0 Å². The van der Waals surface area contributed by atoms with E-state index in [4.69, 9.17) is 4.42 Å². The van der Waals surface area contributed by atoms with Crippen LogP contribution in [0.3, 0.4) is 0 Å². The van der Waals surface area contributed by atoms with Gasteiger partial charge in [-0.2, -0.15) is 10.1 Å². The molecule has 0 unspecified atom stereocenters. The molecule has 2 saturated carbocycles. The SMILES string of the molecule is O=C1[C@@H]2[C@H]3C=C[C@@H]([C@@H]4C[C@H]34)[C@@H]2C(=O)N1N=Cc1ccc(-c2ccc(Br)cc2)o1. The predicted molar refractivity (Wildman–Crippen MR) is 106 cm³/mol. The number of hydrogen-bond donors (Lipinski definition) is 0. The molecule has 2 bridgehead atoms. The average molecular weight is 437 g/mol. The molecule has 0 spiro atoms. The zero-order valence-corrected chi connectivity index (χ0v) is 16.5. The standard InChI is InChI=1S/C22H17BrN2O3/c23-12-3-1-11(2-4-12)18-8-5-13(28-18)10-24-25-21(26)19-14-6-7-15(17-9-16(14)17)20(19)22(25)27/h1-8,10,14-17,19-20H,9H2/t14-,15-,16-,17+,19-,20+/m0/s1. The van der Waals surface area contributed by atoms with Crippen molar-refractivity contribution in [2.24, 2.45) is 40.6 Å². The van der Waals surface area contributed by atoms with Crippen molar-refractivity contribution < 1.29 is 14.0 Å². The maximum atomic E-state index is 12.9. The van der Waals surface area contributed by atoms with Crippen LogP contribution in [0, 0.1) is 35.5 Å². The summed E-state index contributed by atoms with van der Waals surface area (Å²) >= 11 is 3.42. The monoisotopic (exact) mass is 436 g/mol. The molecular weight excluding hydrogens is 420 g/mol. The average Bonchev–Trinajstić information content (AvgIpc) is 3.34. The van der Waals surface area contributed by atoms with E-state index in [2.05, 4.69) is 33.2 Å². The Morgan fingerprint density at radius 3 is 2.25 bits per heavy atom. The molecular formula is C22H17BrN2O3. The van der Waals surface area contributed by atoms with Crippen LogP contribution in [-0.2, 0) is 9.59 Å². The molecule has 1 aromatic carbocycles. The Hall–Kier alpha value is -2.47. The van der Waals surface area contributed by atoms with Crippen LogP contribution < -0.4 is 0 Å². The lowest BCUT2D eigenvalue weighted by Crippen LogP contribution is -2.40. The second kappa shape index (κ2) is 5.77. The molecule has 5 aliphatic rings. The summed E-state index contributed by atoms with van der Waals surface area (Å²) in [4.78, 5) is 25.8. The van der Waals surface area contributed by atoms with Crippen molar-refractivity contribution in [1.82, 2.24) is 5.01 Å². The van der Waals surface area contributed by atoms with Crippen LogP contribution in [0.5, 0.6) is 0 Å². The molecule has 1 aromatic heterocycles. The normalized spacial score (nSPS) is 35.0. The van der Waals surface area contributed by atoms with E-state index in [9.17, 15) is 9.59 Å². The van der Waals surface area contributed by atoms with Crippen LogP contribution in [0.4, 0.5) is 0 Å². The molecule has 3 fully saturated rings. The third kappa shape index (κ3) is 2.27. The van der Waals surface area contributed by atoms with Gasteiger partial charge in [0.2, 0.25) is 0 Å². The summed E-state index contributed by atoms with van der Waals surface area (Å²) in [7, 11) is 0. The summed E-state index contributed by atoms with van der Waals surface area (Å²) < 4.78 is 6.81. The van der Waals surface area contributed by atoms with E-state index in [0.29, 0.717) is 23.4 Å². The van der Waals surface area contributed by atoms with Crippen molar-refractivity contribution in [2.75, 3.05) is 0 Å². The summed E-state index contributed by atoms with van der Waals surface area (Å²) in [5.41, 5.74) is 0.948. The largest absolute Gasteiger partial charge is 0.455 e. The second-order valence-corrected chi connectivity index (χ2v) is 9.01. The van der Waals surface area contributed by atoms with Crippen LogP contribution in [0.15, 0.2) is 62.5 Å². The molecule has 0 radical (unpaired) electrons. The first-order valence-corrected chi connectivity index (χ1v) is 10.4. The summed E-state index contributed by atoms with van der Waals surface area (Å²) in [5.74, 6) is 2.07. The van der Waals surface area contributed by atoms with E-state index in [1.54, 1.807) is 6.07 Å². The number of hydrazone groups is 1. The third-order valence-corrected chi connectivity index (χ3v) is 7.22. The van der Waals surface area contributed by atoms with E-state index >= 15 is 0 Å². The van der Waals surface area contributed by atoms with Crippen molar-refractivity contribution >= 4 is 34.0 Å². The van der Waals surface area contributed by atoms with Gasteiger partial charge in [0.05, 0.1) is 18.1 Å². The van der Waals surface area contributed by atoms with E-state index < -0.39 is 0 Å². The van der Waals surface area contributed by atoms with E-state index in [1.165, 1.54) is 6.21 Å². The maximum Gasteiger partial charge on any atom is 0.254 e. The van der Waals surface area contributed by atoms with Crippen molar-refractivity contribution in [3.63, 3.8) is 0 Å². The number of rotatable bonds is 3. The molecule has 140 valence electrons. The topological polar surface area (TPSA) is 62.9 Å². The highest BCUT2D eigenvalue weighted by molar-refractivity contribution is 9.10. The lowest BCUT2D eigenvalue weighted by atomic mass is 9.63. The number of imide groups is 1. The number of benzene rings is 1. The number of hydrogen-bond acceptors (Lipinski definition) is 4. The van der Waals surface area contributed by atoms with Crippen molar-refractivity contribution in [3.05, 3.63) is 58.8 Å². The van der Waals surface area contributed by atoms with Crippen molar-refractivity contribution in [2.45, 2.75) is 6.42 Å². The van der Waals surface area contributed by atoms with Gasteiger partial charge >= 0.3 is 0 Å². The molecule has 2 amide bonds. The van der Waals surface area contributed by atoms with Crippen LogP contribution in [-0.4, -0.2) is 23.0 Å². The number of carbonyl (C=O) groups excluding carboxylic acids is 2. The first-order valence-electron chi connectivity index (χ1n) is 9.58. The quantitative estimate of drug-likeness (QED) is 0.413. The van der Waals surface area contributed by atoms with Crippen molar-refractivity contribution in [1.29, 1.82) is 0 Å². The van der Waals surface area contributed by atoms with Crippen LogP contribution >= 0.6 is 15.9 Å². The van der Waals surface area contributed by atoms with Gasteiger partial charge in [-0.1, -0.05) is 40.2 Å². The van der Waals surface area contributed by atoms with Crippen molar-refractivity contribution in [3.8, 4) is 11.3 Å². The molecule has 28 heavy (non-hydrogen) atoms. The molecule has 2 heterocycles. The Labute approximate surface area is 170 Å². The van der Waals surface area contributed by atoms with Crippen LogP contribution in [0.25, 0.3) is 11.3 Å². The van der Waals surface area contributed by atoms with Gasteiger partial charge in [0.25, 0.3) is 11.8 Å². The number of carbonyl (C=O) groups is 2. The number of nitrogens with zero attached hydrogens (tertiary/aromatic N) is 2. The minimum Gasteiger partial charge on any atom is -0.455 e. The van der Waals surface area contributed by atoms with Gasteiger partial charge in [0, 0.05) is 10.0 Å². The summed E-state index contributed by atoms with van der Waals surface area (Å²) in [6, 6.07) is 11.4. The zero-order chi connectivity index (χ0) is 19.0.